The van der Waals surface area contributed by atoms with Crippen LogP contribution < -0.4 is 10.2 Å². The van der Waals surface area contributed by atoms with Crippen molar-refractivity contribution in [1.29, 1.82) is 0 Å². The lowest BCUT2D eigenvalue weighted by Crippen LogP contribution is -2.08. The lowest BCUT2D eigenvalue weighted by atomic mass is 10.1. The quantitative estimate of drug-likeness (QED) is 0.694. The zero-order valence-electron chi connectivity index (χ0n) is 12.8. The number of rotatable bonds is 3. The molecule has 2 aromatic carbocycles. The van der Waals surface area contributed by atoms with Crippen LogP contribution in [0, 0.1) is 5.82 Å². The first-order valence-corrected chi connectivity index (χ1v) is 8.15. The molecule has 24 heavy (non-hydrogen) atoms. The molecule has 0 saturated carbocycles. The van der Waals surface area contributed by atoms with E-state index >= 15 is 0 Å². The highest BCUT2D eigenvalue weighted by molar-refractivity contribution is 6.32. The summed E-state index contributed by atoms with van der Waals surface area (Å²) in [5.74, 6) is 0.780. The number of benzene rings is 2. The van der Waals surface area contributed by atoms with Crippen molar-refractivity contribution in [3.8, 4) is 5.75 Å². The molecule has 0 N–H and O–H groups in total. The van der Waals surface area contributed by atoms with E-state index in [0.29, 0.717) is 27.3 Å². The molecule has 0 radical (unpaired) electrons. The van der Waals surface area contributed by atoms with Gasteiger partial charge in [-0.25, -0.2) is 4.39 Å². The van der Waals surface area contributed by atoms with Crippen LogP contribution >= 0.6 is 11.6 Å². The van der Waals surface area contributed by atoms with Crippen molar-refractivity contribution >= 4 is 22.6 Å². The molecule has 122 valence electrons. The van der Waals surface area contributed by atoms with Crippen LogP contribution in [0.25, 0.3) is 11.0 Å². The van der Waals surface area contributed by atoms with Crippen LogP contribution in [-0.2, 0) is 19.4 Å². The molecule has 0 bridgehead atoms. The first kappa shape index (κ1) is 15.2. The van der Waals surface area contributed by atoms with Crippen LogP contribution in [0.3, 0.4) is 0 Å². The van der Waals surface area contributed by atoms with E-state index in [2.05, 4.69) is 0 Å². The molecule has 0 aliphatic heterocycles. The van der Waals surface area contributed by atoms with Crippen molar-refractivity contribution in [3.05, 3.63) is 74.3 Å². The summed E-state index contributed by atoms with van der Waals surface area (Å²) in [4.78, 5) is 12.5. The van der Waals surface area contributed by atoms with Crippen molar-refractivity contribution in [1.82, 2.24) is 0 Å². The maximum atomic E-state index is 13.7. The molecule has 1 aliphatic carbocycles. The normalized spacial score (nSPS) is 13.2. The third-order valence-electron chi connectivity index (χ3n) is 4.29. The summed E-state index contributed by atoms with van der Waals surface area (Å²) < 4.78 is 25.2. The summed E-state index contributed by atoms with van der Waals surface area (Å²) in [5.41, 5.74) is 1.61. The standard InChI is InChI=1S/C19H14ClFO3/c20-14-8-13-17(24-16-7-3-5-12(16)19(13)22)9-18(14)23-10-11-4-1-2-6-15(11)21/h1-2,4,6,8-9H,3,5,7,10H2. The second kappa shape index (κ2) is 5.95. The van der Waals surface area contributed by atoms with Gasteiger partial charge in [0.25, 0.3) is 0 Å². The summed E-state index contributed by atoms with van der Waals surface area (Å²) in [5, 5.41) is 0.767. The van der Waals surface area contributed by atoms with Crippen LogP contribution in [0.2, 0.25) is 5.02 Å². The molecule has 1 aliphatic rings. The molecule has 5 heteroatoms. The number of aryl methyl sites for hydroxylation is 1. The number of ether oxygens (including phenoxy) is 1. The van der Waals surface area contributed by atoms with E-state index in [-0.39, 0.29) is 17.9 Å². The summed E-state index contributed by atoms with van der Waals surface area (Å²) in [6.45, 7) is 0.0487. The van der Waals surface area contributed by atoms with Gasteiger partial charge in [0.05, 0.1) is 10.4 Å². The Kier molecular flexibility index (Phi) is 3.77. The molecule has 0 atom stereocenters. The zero-order valence-corrected chi connectivity index (χ0v) is 13.5. The lowest BCUT2D eigenvalue weighted by Gasteiger charge is -2.10. The summed E-state index contributed by atoms with van der Waals surface area (Å²) in [6, 6.07) is 9.57. The summed E-state index contributed by atoms with van der Waals surface area (Å²) in [6.07, 6.45) is 2.44. The van der Waals surface area contributed by atoms with Crippen LogP contribution in [0.1, 0.15) is 23.3 Å². The van der Waals surface area contributed by atoms with Gasteiger partial charge in [-0.2, -0.15) is 0 Å². The number of fused-ring (bicyclic) bond motifs is 2. The van der Waals surface area contributed by atoms with E-state index in [1.54, 1.807) is 30.3 Å². The van der Waals surface area contributed by atoms with Gasteiger partial charge < -0.3 is 9.15 Å². The molecule has 0 amide bonds. The Hall–Kier alpha value is -2.33. The first-order chi connectivity index (χ1) is 11.6. The first-order valence-electron chi connectivity index (χ1n) is 7.78. The fraction of sp³-hybridized carbons (Fsp3) is 0.211. The third kappa shape index (κ3) is 2.57. The summed E-state index contributed by atoms with van der Waals surface area (Å²) >= 11 is 6.23. The van der Waals surface area contributed by atoms with Gasteiger partial charge in [-0.1, -0.05) is 29.8 Å². The molecule has 0 unspecified atom stereocenters. The molecular formula is C19H14ClFO3. The Bertz CT molecular complexity index is 994. The summed E-state index contributed by atoms with van der Waals surface area (Å²) in [7, 11) is 0. The molecule has 0 spiro atoms. The van der Waals surface area contributed by atoms with Gasteiger partial charge in [0.15, 0.2) is 5.43 Å². The predicted molar refractivity (Wildman–Crippen MR) is 90.3 cm³/mol. The Labute approximate surface area is 142 Å². The van der Waals surface area contributed by atoms with Crippen LogP contribution in [0.15, 0.2) is 45.6 Å². The van der Waals surface area contributed by atoms with Gasteiger partial charge in [0.1, 0.15) is 29.5 Å². The molecule has 0 fully saturated rings. The van der Waals surface area contributed by atoms with Gasteiger partial charge in [0, 0.05) is 23.6 Å². The molecule has 3 aromatic rings. The second-order valence-electron chi connectivity index (χ2n) is 5.85. The molecular weight excluding hydrogens is 331 g/mol. The molecule has 4 rings (SSSR count). The van der Waals surface area contributed by atoms with E-state index in [4.69, 9.17) is 20.8 Å². The van der Waals surface area contributed by atoms with Crippen LogP contribution in [0.4, 0.5) is 4.39 Å². The zero-order chi connectivity index (χ0) is 16.7. The Morgan fingerprint density at radius 1 is 1.21 bits per heavy atom. The van der Waals surface area contributed by atoms with Crippen molar-refractivity contribution in [2.45, 2.75) is 25.9 Å². The second-order valence-corrected chi connectivity index (χ2v) is 6.25. The van der Waals surface area contributed by atoms with Gasteiger partial charge in [-0.3, -0.25) is 4.79 Å². The minimum Gasteiger partial charge on any atom is -0.487 e. The SMILES string of the molecule is O=c1c2c(oc3cc(OCc4ccccc4F)c(Cl)cc13)CCC2. The molecule has 1 heterocycles. The van der Waals surface area contributed by atoms with Crippen molar-refractivity contribution in [2.24, 2.45) is 0 Å². The van der Waals surface area contributed by atoms with Crippen molar-refractivity contribution < 1.29 is 13.5 Å². The number of hydrogen-bond acceptors (Lipinski definition) is 3. The van der Waals surface area contributed by atoms with Crippen molar-refractivity contribution in [3.63, 3.8) is 0 Å². The third-order valence-corrected chi connectivity index (χ3v) is 4.59. The van der Waals surface area contributed by atoms with E-state index in [9.17, 15) is 9.18 Å². The topological polar surface area (TPSA) is 39.4 Å². The molecule has 3 nitrogen and oxygen atoms in total. The fourth-order valence-electron chi connectivity index (χ4n) is 3.04. The van der Waals surface area contributed by atoms with E-state index in [0.717, 1.165) is 30.6 Å². The highest BCUT2D eigenvalue weighted by Crippen LogP contribution is 2.32. The maximum absolute atomic E-state index is 13.7. The maximum Gasteiger partial charge on any atom is 0.196 e. The molecule has 1 aromatic heterocycles. The lowest BCUT2D eigenvalue weighted by molar-refractivity contribution is 0.300. The monoisotopic (exact) mass is 344 g/mol. The van der Waals surface area contributed by atoms with E-state index in [1.807, 2.05) is 0 Å². The predicted octanol–water partition coefficient (Wildman–Crippen LogP) is 4.65. The highest BCUT2D eigenvalue weighted by atomic mass is 35.5. The van der Waals surface area contributed by atoms with Gasteiger partial charge in [-0.05, 0) is 25.0 Å². The van der Waals surface area contributed by atoms with Gasteiger partial charge in [-0.15, -0.1) is 0 Å². The molecule has 0 saturated heterocycles. The Morgan fingerprint density at radius 2 is 2.04 bits per heavy atom. The highest BCUT2D eigenvalue weighted by Gasteiger charge is 2.20. The largest absolute Gasteiger partial charge is 0.487 e. The van der Waals surface area contributed by atoms with E-state index in [1.165, 1.54) is 6.07 Å². The smallest absolute Gasteiger partial charge is 0.196 e. The van der Waals surface area contributed by atoms with Crippen LogP contribution in [0.5, 0.6) is 5.75 Å². The van der Waals surface area contributed by atoms with E-state index < -0.39 is 0 Å². The van der Waals surface area contributed by atoms with Crippen LogP contribution in [-0.4, -0.2) is 0 Å². The Balaban J connectivity index is 1.72. The van der Waals surface area contributed by atoms with Crippen molar-refractivity contribution in [2.75, 3.05) is 0 Å². The number of halogens is 2. The fourth-order valence-corrected chi connectivity index (χ4v) is 3.26. The average molecular weight is 345 g/mol. The minimum absolute atomic E-state index is 0.0219. The minimum atomic E-state index is -0.334. The number of hydrogen-bond donors (Lipinski definition) is 0. The van der Waals surface area contributed by atoms with Gasteiger partial charge in [0.2, 0.25) is 0 Å². The Morgan fingerprint density at radius 3 is 2.88 bits per heavy atom. The average Bonchev–Trinajstić information content (AvgIpc) is 3.04. The van der Waals surface area contributed by atoms with Gasteiger partial charge >= 0.3 is 0 Å².